The van der Waals surface area contributed by atoms with Crippen LogP contribution in [0.5, 0.6) is 11.5 Å². The fraction of sp³-hybridized carbons (Fsp3) is 0.217. The largest absolute Gasteiger partial charge is 0.506 e. The summed E-state index contributed by atoms with van der Waals surface area (Å²) in [5, 5.41) is 10.4. The molecule has 1 heterocycles. The SMILES string of the molecule is CCOC(=O)COc1cccc(-c2cc(O)c(SCCc3ccccc3)c(=O)o2)c1. The van der Waals surface area contributed by atoms with Crippen molar-refractivity contribution >= 4 is 17.7 Å². The molecule has 0 spiro atoms. The molecule has 0 fully saturated rings. The zero-order chi connectivity index (χ0) is 21.3. The number of hydrogen-bond donors (Lipinski definition) is 1. The van der Waals surface area contributed by atoms with Gasteiger partial charge in [0.05, 0.1) is 6.61 Å². The number of aryl methyl sites for hydroxylation is 1. The van der Waals surface area contributed by atoms with E-state index in [4.69, 9.17) is 13.9 Å². The zero-order valence-corrected chi connectivity index (χ0v) is 17.3. The molecule has 0 atom stereocenters. The van der Waals surface area contributed by atoms with Crippen LogP contribution in [-0.2, 0) is 16.0 Å². The summed E-state index contributed by atoms with van der Waals surface area (Å²) in [6.45, 7) is 1.78. The molecule has 0 radical (unpaired) electrons. The Morgan fingerprint density at radius 3 is 2.63 bits per heavy atom. The van der Waals surface area contributed by atoms with Gasteiger partial charge in [-0.3, -0.25) is 0 Å². The highest BCUT2D eigenvalue weighted by atomic mass is 32.2. The lowest BCUT2D eigenvalue weighted by atomic mass is 10.1. The van der Waals surface area contributed by atoms with Crippen molar-refractivity contribution in [3.8, 4) is 22.8 Å². The summed E-state index contributed by atoms with van der Waals surface area (Å²) in [4.78, 5) is 24.0. The minimum Gasteiger partial charge on any atom is -0.506 e. The smallest absolute Gasteiger partial charge is 0.353 e. The normalized spacial score (nSPS) is 10.6. The van der Waals surface area contributed by atoms with E-state index >= 15 is 0 Å². The first-order valence-corrected chi connectivity index (χ1v) is 10.5. The predicted molar refractivity (Wildman–Crippen MR) is 115 cm³/mol. The van der Waals surface area contributed by atoms with E-state index in [1.54, 1.807) is 31.2 Å². The summed E-state index contributed by atoms with van der Waals surface area (Å²) >= 11 is 1.26. The van der Waals surface area contributed by atoms with Gasteiger partial charge in [0.1, 0.15) is 22.2 Å². The minimum absolute atomic E-state index is 0.128. The highest BCUT2D eigenvalue weighted by molar-refractivity contribution is 7.99. The second-order valence-electron chi connectivity index (χ2n) is 6.32. The van der Waals surface area contributed by atoms with Crippen LogP contribution in [0, 0.1) is 0 Å². The van der Waals surface area contributed by atoms with Crippen LogP contribution in [-0.4, -0.2) is 30.0 Å². The van der Waals surface area contributed by atoms with Crippen molar-refractivity contribution in [2.45, 2.75) is 18.2 Å². The maximum atomic E-state index is 12.4. The van der Waals surface area contributed by atoms with Gasteiger partial charge in [-0.25, -0.2) is 9.59 Å². The number of thioether (sulfide) groups is 1. The van der Waals surface area contributed by atoms with Crippen molar-refractivity contribution in [2.24, 2.45) is 0 Å². The molecular weight excluding hydrogens is 404 g/mol. The first-order chi connectivity index (χ1) is 14.6. The van der Waals surface area contributed by atoms with Gasteiger partial charge >= 0.3 is 11.6 Å². The quantitative estimate of drug-likeness (QED) is 0.403. The molecule has 0 saturated heterocycles. The molecule has 1 aromatic heterocycles. The Balaban J connectivity index is 1.69. The van der Waals surface area contributed by atoms with E-state index < -0.39 is 11.6 Å². The molecule has 3 aromatic rings. The van der Waals surface area contributed by atoms with Crippen LogP contribution in [0.4, 0.5) is 0 Å². The summed E-state index contributed by atoms with van der Waals surface area (Å²) in [5.74, 6) is 0.676. The van der Waals surface area contributed by atoms with Gasteiger partial charge < -0.3 is 19.0 Å². The number of aromatic hydroxyl groups is 1. The second kappa shape index (κ2) is 10.5. The standard InChI is InChI=1S/C23H22O6S/c1-2-27-21(25)15-28-18-10-6-9-17(13-18)20-14-19(24)22(23(26)29-20)30-12-11-16-7-4-3-5-8-16/h3-10,13-14,24H,2,11-12,15H2,1H3. The van der Waals surface area contributed by atoms with Crippen LogP contribution in [0.3, 0.4) is 0 Å². The van der Waals surface area contributed by atoms with E-state index in [0.29, 0.717) is 17.1 Å². The fourth-order valence-corrected chi connectivity index (χ4v) is 3.65. The van der Waals surface area contributed by atoms with Crippen LogP contribution in [0.1, 0.15) is 12.5 Å². The van der Waals surface area contributed by atoms with Crippen LogP contribution in [0.2, 0.25) is 0 Å². The van der Waals surface area contributed by atoms with Gasteiger partial charge in [-0.2, -0.15) is 0 Å². The van der Waals surface area contributed by atoms with E-state index in [1.165, 1.54) is 17.8 Å². The van der Waals surface area contributed by atoms with Gasteiger partial charge in [-0.15, -0.1) is 11.8 Å². The summed E-state index contributed by atoms with van der Waals surface area (Å²) in [6.07, 6.45) is 0.770. The molecule has 0 amide bonds. The maximum absolute atomic E-state index is 12.4. The van der Waals surface area contributed by atoms with E-state index in [-0.39, 0.29) is 29.6 Å². The highest BCUT2D eigenvalue weighted by Crippen LogP contribution is 2.31. The Labute approximate surface area is 178 Å². The fourth-order valence-electron chi connectivity index (χ4n) is 2.74. The molecule has 156 valence electrons. The monoisotopic (exact) mass is 426 g/mol. The Kier molecular flexibility index (Phi) is 7.57. The Morgan fingerprint density at radius 2 is 1.90 bits per heavy atom. The van der Waals surface area contributed by atoms with E-state index in [1.807, 2.05) is 30.3 Å². The number of carbonyl (C=O) groups excluding carboxylic acids is 1. The lowest BCUT2D eigenvalue weighted by molar-refractivity contribution is -0.145. The molecule has 0 aliphatic carbocycles. The molecule has 0 unspecified atom stereocenters. The molecule has 1 N–H and O–H groups in total. The predicted octanol–water partition coefficient (Wildman–Crippen LogP) is 4.29. The van der Waals surface area contributed by atoms with Crippen molar-refractivity contribution in [1.29, 1.82) is 0 Å². The molecule has 0 saturated carbocycles. The topological polar surface area (TPSA) is 86.0 Å². The molecule has 0 aliphatic heterocycles. The summed E-state index contributed by atoms with van der Waals surface area (Å²) in [6, 6.07) is 18.0. The molecule has 0 bridgehead atoms. The summed E-state index contributed by atoms with van der Waals surface area (Å²) < 4.78 is 15.6. The number of benzene rings is 2. The maximum Gasteiger partial charge on any atom is 0.353 e. The number of esters is 1. The van der Waals surface area contributed by atoms with Crippen LogP contribution in [0.25, 0.3) is 11.3 Å². The molecule has 7 heteroatoms. The first kappa shape index (κ1) is 21.5. The van der Waals surface area contributed by atoms with Crippen LogP contribution >= 0.6 is 11.8 Å². The van der Waals surface area contributed by atoms with E-state index in [9.17, 15) is 14.7 Å². The Bertz CT molecular complexity index is 1050. The van der Waals surface area contributed by atoms with Crippen LogP contribution in [0.15, 0.2) is 74.8 Å². The molecular formula is C23H22O6S. The minimum atomic E-state index is -0.596. The number of hydrogen-bond acceptors (Lipinski definition) is 7. The molecule has 30 heavy (non-hydrogen) atoms. The number of rotatable bonds is 9. The lowest BCUT2D eigenvalue weighted by Crippen LogP contribution is -2.14. The number of carbonyl (C=O) groups is 1. The average molecular weight is 426 g/mol. The van der Waals surface area contributed by atoms with Crippen molar-refractivity contribution in [3.63, 3.8) is 0 Å². The third-order valence-electron chi connectivity index (χ3n) is 4.15. The number of ether oxygens (including phenoxy) is 2. The van der Waals surface area contributed by atoms with Gasteiger partial charge in [0.25, 0.3) is 0 Å². The zero-order valence-electron chi connectivity index (χ0n) is 16.5. The first-order valence-electron chi connectivity index (χ1n) is 9.49. The summed E-state index contributed by atoms with van der Waals surface area (Å²) in [5.41, 5.74) is 1.11. The molecule has 2 aromatic carbocycles. The van der Waals surface area contributed by atoms with Gasteiger partial charge in [-0.05, 0) is 31.0 Å². The van der Waals surface area contributed by atoms with Gasteiger partial charge in [-0.1, -0.05) is 42.5 Å². The highest BCUT2D eigenvalue weighted by Gasteiger charge is 2.14. The lowest BCUT2D eigenvalue weighted by Gasteiger charge is -2.09. The summed E-state index contributed by atoms with van der Waals surface area (Å²) in [7, 11) is 0. The molecule has 0 aliphatic rings. The van der Waals surface area contributed by atoms with E-state index in [0.717, 1.165) is 12.0 Å². The third kappa shape index (κ3) is 5.90. The van der Waals surface area contributed by atoms with Crippen LogP contribution < -0.4 is 10.4 Å². The van der Waals surface area contributed by atoms with Crippen molar-refractivity contribution in [1.82, 2.24) is 0 Å². The van der Waals surface area contributed by atoms with E-state index in [2.05, 4.69) is 0 Å². The van der Waals surface area contributed by atoms with Crippen molar-refractivity contribution < 1.29 is 23.8 Å². The van der Waals surface area contributed by atoms with Gasteiger partial charge in [0, 0.05) is 17.4 Å². The van der Waals surface area contributed by atoms with Crippen molar-refractivity contribution in [3.05, 3.63) is 76.6 Å². The van der Waals surface area contributed by atoms with Crippen molar-refractivity contribution in [2.75, 3.05) is 19.0 Å². The average Bonchev–Trinajstić information content (AvgIpc) is 2.75. The second-order valence-corrected chi connectivity index (χ2v) is 7.42. The van der Waals surface area contributed by atoms with Gasteiger partial charge in [0.2, 0.25) is 0 Å². The van der Waals surface area contributed by atoms with Gasteiger partial charge in [0.15, 0.2) is 6.61 Å². The Hall–Kier alpha value is -3.19. The molecule has 6 nitrogen and oxygen atoms in total. The molecule has 3 rings (SSSR count). The third-order valence-corrected chi connectivity index (χ3v) is 5.22. The Morgan fingerprint density at radius 1 is 1.10 bits per heavy atom.